The molecule has 0 radical (unpaired) electrons. The van der Waals surface area contributed by atoms with Crippen molar-refractivity contribution in [3.05, 3.63) is 36.1 Å². The maximum absolute atomic E-state index is 8.43. The summed E-state index contributed by atoms with van der Waals surface area (Å²) < 4.78 is 5.39. The SMILES string of the molecule is N#CCc1cc2ccccc2o1. The zero-order chi connectivity index (χ0) is 8.39. The number of benzene rings is 1. The zero-order valence-corrected chi connectivity index (χ0v) is 6.45. The fraction of sp³-hybridized carbons (Fsp3) is 0.100. The van der Waals surface area contributed by atoms with Gasteiger partial charge in [-0.25, -0.2) is 0 Å². The Morgan fingerprint density at radius 3 is 2.92 bits per heavy atom. The van der Waals surface area contributed by atoms with Crippen molar-refractivity contribution in [2.24, 2.45) is 0 Å². The Bertz CT molecular complexity index is 403. The number of furan rings is 1. The number of nitrogens with zero attached hydrogens (tertiary/aromatic N) is 1. The number of nitriles is 1. The fourth-order valence-corrected chi connectivity index (χ4v) is 1.20. The molecule has 0 unspecified atom stereocenters. The summed E-state index contributed by atoms with van der Waals surface area (Å²) in [5, 5.41) is 9.49. The molecule has 0 aliphatic carbocycles. The molecule has 2 nitrogen and oxygen atoms in total. The molecule has 58 valence electrons. The quantitative estimate of drug-likeness (QED) is 0.637. The van der Waals surface area contributed by atoms with E-state index < -0.39 is 0 Å². The number of hydrogen-bond donors (Lipinski definition) is 0. The van der Waals surface area contributed by atoms with Crippen LogP contribution in [0.5, 0.6) is 0 Å². The highest BCUT2D eigenvalue weighted by Gasteiger charge is 2.00. The first-order valence-corrected chi connectivity index (χ1v) is 3.74. The molecule has 1 aromatic carbocycles. The molecule has 0 aliphatic rings. The minimum absolute atomic E-state index is 0.342. The molecule has 2 aromatic rings. The van der Waals surface area contributed by atoms with Gasteiger partial charge in [-0.2, -0.15) is 5.26 Å². The van der Waals surface area contributed by atoms with Gasteiger partial charge in [0, 0.05) is 5.39 Å². The molecular formula is C10H7NO. The van der Waals surface area contributed by atoms with Crippen LogP contribution in [0, 0.1) is 11.3 Å². The molecule has 0 bridgehead atoms. The van der Waals surface area contributed by atoms with E-state index in [1.165, 1.54) is 0 Å². The van der Waals surface area contributed by atoms with Crippen molar-refractivity contribution in [3.63, 3.8) is 0 Å². The van der Waals surface area contributed by atoms with Crippen LogP contribution in [0.15, 0.2) is 34.7 Å². The third-order valence-electron chi connectivity index (χ3n) is 1.73. The molecule has 0 saturated carbocycles. The highest BCUT2D eigenvalue weighted by Crippen LogP contribution is 2.18. The number of para-hydroxylation sites is 1. The third-order valence-corrected chi connectivity index (χ3v) is 1.73. The van der Waals surface area contributed by atoms with Gasteiger partial charge in [0.25, 0.3) is 0 Å². The second kappa shape index (κ2) is 2.71. The average Bonchev–Trinajstić information content (AvgIpc) is 2.47. The molecule has 0 amide bonds. The van der Waals surface area contributed by atoms with E-state index in [4.69, 9.17) is 9.68 Å². The Hall–Kier alpha value is -1.75. The monoisotopic (exact) mass is 157 g/mol. The molecule has 12 heavy (non-hydrogen) atoms. The molecular weight excluding hydrogens is 150 g/mol. The van der Waals surface area contributed by atoms with Gasteiger partial charge in [0.05, 0.1) is 12.5 Å². The maximum atomic E-state index is 8.43. The lowest BCUT2D eigenvalue weighted by atomic mass is 10.2. The lowest BCUT2D eigenvalue weighted by Gasteiger charge is -1.83. The first-order chi connectivity index (χ1) is 5.90. The second-order valence-electron chi connectivity index (χ2n) is 2.59. The van der Waals surface area contributed by atoms with Gasteiger partial charge >= 0.3 is 0 Å². The van der Waals surface area contributed by atoms with Gasteiger partial charge < -0.3 is 4.42 Å². The molecule has 0 saturated heterocycles. The second-order valence-corrected chi connectivity index (χ2v) is 2.59. The summed E-state index contributed by atoms with van der Waals surface area (Å²) >= 11 is 0. The fourth-order valence-electron chi connectivity index (χ4n) is 1.20. The molecule has 2 rings (SSSR count). The van der Waals surface area contributed by atoms with E-state index in [0.717, 1.165) is 16.7 Å². The topological polar surface area (TPSA) is 36.9 Å². The van der Waals surface area contributed by atoms with Crippen LogP contribution in [-0.4, -0.2) is 0 Å². The van der Waals surface area contributed by atoms with E-state index in [9.17, 15) is 0 Å². The highest BCUT2D eigenvalue weighted by atomic mass is 16.3. The summed E-state index contributed by atoms with van der Waals surface area (Å²) in [4.78, 5) is 0. The van der Waals surface area contributed by atoms with Gasteiger partial charge in [-0.3, -0.25) is 0 Å². The van der Waals surface area contributed by atoms with Gasteiger partial charge in [-0.1, -0.05) is 18.2 Å². The van der Waals surface area contributed by atoms with Gasteiger partial charge in [-0.05, 0) is 12.1 Å². The van der Waals surface area contributed by atoms with E-state index in [1.54, 1.807) is 0 Å². The lowest BCUT2D eigenvalue weighted by Crippen LogP contribution is -1.71. The van der Waals surface area contributed by atoms with Gasteiger partial charge in [0.2, 0.25) is 0 Å². The van der Waals surface area contributed by atoms with Crippen molar-refractivity contribution in [2.75, 3.05) is 0 Å². The van der Waals surface area contributed by atoms with Crippen molar-refractivity contribution in [1.82, 2.24) is 0 Å². The van der Waals surface area contributed by atoms with Crippen LogP contribution < -0.4 is 0 Å². The van der Waals surface area contributed by atoms with Crippen LogP contribution in [0.2, 0.25) is 0 Å². The lowest BCUT2D eigenvalue weighted by molar-refractivity contribution is 0.567. The van der Waals surface area contributed by atoms with Gasteiger partial charge in [0.1, 0.15) is 11.3 Å². The van der Waals surface area contributed by atoms with E-state index in [0.29, 0.717) is 6.42 Å². The Kier molecular flexibility index (Phi) is 1.56. The average molecular weight is 157 g/mol. The number of fused-ring (bicyclic) bond motifs is 1. The largest absolute Gasteiger partial charge is 0.460 e. The molecule has 2 heteroatoms. The Morgan fingerprint density at radius 2 is 2.17 bits per heavy atom. The van der Waals surface area contributed by atoms with Crippen molar-refractivity contribution in [2.45, 2.75) is 6.42 Å². The van der Waals surface area contributed by atoms with Gasteiger partial charge in [-0.15, -0.1) is 0 Å². The van der Waals surface area contributed by atoms with E-state index >= 15 is 0 Å². The first kappa shape index (κ1) is 6.93. The Morgan fingerprint density at radius 1 is 1.33 bits per heavy atom. The summed E-state index contributed by atoms with van der Waals surface area (Å²) in [6.45, 7) is 0. The van der Waals surface area contributed by atoms with Crippen LogP contribution in [0.1, 0.15) is 5.76 Å². The van der Waals surface area contributed by atoms with E-state index in [1.807, 2.05) is 30.3 Å². The summed E-state index contributed by atoms with van der Waals surface area (Å²) in [5.74, 6) is 0.735. The molecule has 0 aliphatic heterocycles. The Balaban J connectivity index is 2.56. The predicted molar refractivity (Wildman–Crippen MR) is 45.5 cm³/mol. The van der Waals surface area contributed by atoms with E-state index in [2.05, 4.69) is 6.07 Å². The molecule has 0 atom stereocenters. The van der Waals surface area contributed by atoms with Crippen LogP contribution in [0.4, 0.5) is 0 Å². The van der Waals surface area contributed by atoms with Crippen molar-refractivity contribution >= 4 is 11.0 Å². The molecule has 1 aromatic heterocycles. The Labute approximate surface area is 70.0 Å². The van der Waals surface area contributed by atoms with Crippen LogP contribution >= 0.6 is 0 Å². The van der Waals surface area contributed by atoms with Crippen molar-refractivity contribution < 1.29 is 4.42 Å². The predicted octanol–water partition coefficient (Wildman–Crippen LogP) is 2.50. The number of hydrogen-bond acceptors (Lipinski definition) is 2. The van der Waals surface area contributed by atoms with Crippen molar-refractivity contribution in [1.29, 1.82) is 5.26 Å². The number of rotatable bonds is 1. The normalized spacial score (nSPS) is 9.92. The summed E-state index contributed by atoms with van der Waals surface area (Å²) in [5.41, 5.74) is 0.850. The van der Waals surface area contributed by atoms with Crippen molar-refractivity contribution in [3.8, 4) is 6.07 Å². The standard InChI is InChI=1S/C10H7NO/c11-6-5-9-7-8-3-1-2-4-10(8)12-9/h1-4,7H,5H2. The minimum Gasteiger partial charge on any atom is -0.460 e. The van der Waals surface area contributed by atoms with Crippen LogP contribution in [-0.2, 0) is 6.42 Å². The third kappa shape index (κ3) is 1.06. The summed E-state index contributed by atoms with van der Waals surface area (Å²) in [7, 11) is 0. The first-order valence-electron chi connectivity index (χ1n) is 3.74. The maximum Gasteiger partial charge on any atom is 0.134 e. The van der Waals surface area contributed by atoms with Gasteiger partial charge in [0.15, 0.2) is 0 Å². The van der Waals surface area contributed by atoms with Crippen LogP contribution in [0.3, 0.4) is 0 Å². The summed E-state index contributed by atoms with van der Waals surface area (Å²) in [6, 6.07) is 11.7. The van der Waals surface area contributed by atoms with Crippen LogP contribution in [0.25, 0.3) is 11.0 Å². The summed E-state index contributed by atoms with van der Waals surface area (Å²) in [6.07, 6.45) is 0.342. The molecule has 0 fully saturated rings. The molecule has 1 heterocycles. The highest BCUT2D eigenvalue weighted by molar-refractivity contribution is 5.77. The molecule has 0 spiro atoms. The zero-order valence-electron chi connectivity index (χ0n) is 6.45. The van der Waals surface area contributed by atoms with E-state index in [-0.39, 0.29) is 0 Å². The smallest absolute Gasteiger partial charge is 0.134 e. The minimum atomic E-state index is 0.342. The molecule has 0 N–H and O–H groups in total.